The molecule has 204 valence electrons. The van der Waals surface area contributed by atoms with E-state index in [1.807, 2.05) is 0 Å². The van der Waals surface area contributed by atoms with Crippen molar-refractivity contribution in [3.8, 4) is 0 Å². The van der Waals surface area contributed by atoms with Gasteiger partial charge in [-0.2, -0.15) is 0 Å². The Morgan fingerprint density at radius 2 is 1.61 bits per heavy atom. The van der Waals surface area contributed by atoms with Gasteiger partial charge in [0.25, 0.3) is 0 Å². The van der Waals surface area contributed by atoms with Crippen molar-refractivity contribution in [1.29, 1.82) is 0 Å². The molecule has 0 saturated heterocycles. The summed E-state index contributed by atoms with van der Waals surface area (Å²) in [5.41, 5.74) is 1.90. The number of carbonyl (C=O) groups is 1. The average molecular weight is 499 g/mol. The quantitative estimate of drug-likeness (QED) is 0.272. The molecule has 5 rings (SSSR count). The van der Waals surface area contributed by atoms with Crippen LogP contribution in [-0.4, -0.2) is 24.8 Å². The van der Waals surface area contributed by atoms with Gasteiger partial charge in [0, 0.05) is 19.4 Å². The Morgan fingerprint density at radius 1 is 0.944 bits per heavy atom. The highest BCUT2D eigenvalue weighted by Gasteiger charge is 2.82. The molecular formula is C33H54O3. The largest absolute Gasteiger partial charge is 0.462 e. The highest BCUT2D eigenvalue weighted by molar-refractivity contribution is 5.66. The molecule has 3 heteroatoms. The van der Waals surface area contributed by atoms with E-state index in [4.69, 9.17) is 9.47 Å². The molecule has 0 aliphatic heterocycles. The van der Waals surface area contributed by atoms with E-state index in [0.717, 1.165) is 30.6 Å². The van der Waals surface area contributed by atoms with Crippen molar-refractivity contribution in [3.05, 3.63) is 12.2 Å². The van der Waals surface area contributed by atoms with Gasteiger partial charge in [0.2, 0.25) is 0 Å². The molecule has 9 atom stereocenters. The third-order valence-corrected chi connectivity index (χ3v) is 13.7. The van der Waals surface area contributed by atoms with E-state index >= 15 is 0 Å². The average Bonchev–Trinajstić information content (AvgIpc) is 3.37. The molecule has 0 bridgehead atoms. The smallest absolute Gasteiger partial charge is 0.302 e. The standard InChI is InChI=1S/C33H54O3/c1-22(11-10-16-28(3,4)35-9)24-14-17-31(8)26-13-12-25-29(5,6)27(36-23(2)34)15-18-32(25)21-33(26,32)20-19-30(24,31)7/h10,16,22,24-27H,11-15,17-21H2,1-9H3/b16-10+/t22-,24-,25+,26+,27+,30-,31+,32-,33-/m1/s1. The van der Waals surface area contributed by atoms with E-state index in [9.17, 15) is 4.79 Å². The van der Waals surface area contributed by atoms with Crippen molar-refractivity contribution in [2.24, 2.45) is 50.7 Å². The van der Waals surface area contributed by atoms with Gasteiger partial charge in [0.1, 0.15) is 6.10 Å². The SMILES string of the molecule is COC(C)(C)/C=C/C[C@@H](C)[C@H]1CC[C@@]2(C)[C@@H]3CC[C@H]4C(C)(C)[C@@H](OC(C)=O)CC[C@@]45C[C@]35CC[C@]12C. The molecule has 36 heavy (non-hydrogen) atoms. The summed E-state index contributed by atoms with van der Waals surface area (Å²) in [6.07, 6.45) is 18.1. The number of ether oxygens (including phenoxy) is 2. The fourth-order valence-corrected chi connectivity index (χ4v) is 11.5. The van der Waals surface area contributed by atoms with Gasteiger partial charge < -0.3 is 9.47 Å². The minimum absolute atomic E-state index is 0.0923. The summed E-state index contributed by atoms with van der Waals surface area (Å²) >= 11 is 0. The van der Waals surface area contributed by atoms with Crippen LogP contribution in [-0.2, 0) is 14.3 Å². The Balaban J connectivity index is 1.36. The lowest BCUT2D eigenvalue weighted by molar-refractivity contribution is -0.181. The molecule has 5 aliphatic rings. The normalized spacial score (nSPS) is 47.9. The van der Waals surface area contributed by atoms with Crippen LogP contribution in [0.25, 0.3) is 0 Å². The zero-order valence-electron chi connectivity index (χ0n) is 24.8. The van der Waals surface area contributed by atoms with Gasteiger partial charge in [-0.1, -0.05) is 46.8 Å². The van der Waals surface area contributed by atoms with Gasteiger partial charge in [-0.25, -0.2) is 0 Å². The maximum atomic E-state index is 11.9. The summed E-state index contributed by atoms with van der Waals surface area (Å²) in [5, 5.41) is 0. The third-order valence-electron chi connectivity index (χ3n) is 13.7. The van der Waals surface area contributed by atoms with E-state index in [1.54, 1.807) is 14.0 Å². The van der Waals surface area contributed by atoms with Gasteiger partial charge in [-0.15, -0.1) is 0 Å². The summed E-state index contributed by atoms with van der Waals surface area (Å²) in [7, 11) is 1.80. The molecule has 0 N–H and O–H groups in total. The van der Waals surface area contributed by atoms with Crippen LogP contribution in [0.15, 0.2) is 12.2 Å². The number of carbonyl (C=O) groups excluding carboxylic acids is 1. The van der Waals surface area contributed by atoms with E-state index in [2.05, 4.69) is 60.6 Å². The molecule has 3 nitrogen and oxygen atoms in total. The lowest BCUT2D eigenvalue weighted by Crippen LogP contribution is -2.58. The number of fused-ring (bicyclic) bond motifs is 2. The van der Waals surface area contributed by atoms with Crippen LogP contribution in [0.4, 0.5) is 0 Å². The molecule has 2 spiro atoms. The van der Waals surface area contributed by atoms with E-state index < -0.39 is 0 Å². The van der Waals surface area contributed by atoms with Crippen molar-refractivity contribution < 1.29 is 14.3 Å². The van der Waals surface area contributed by atoms with E-state index in [-0.39, 0.29) is 23.1 Å². The van der Waals surface area contributed by atoms with E-state index in [0.29, 0.717) is 27.6 Å². The lowest BCUT2D eigenvalue weighted by Gasteiger charge is -2.63. The number of hydrogen-bond acceptors (Lipinski definition) is 3. The summed E-state index contributed by atoms with van der Waals surface area (Å²) < 4.78 is 11.5. The molecule has 5 fully saturated rings. The number of esters is 1. The predicted molar refractivity (Wildman–Crippen MR) is 146 cm³/mol. The first kappa shape index (κ1) is 26.8. The Hall–Kier alpha value is -0.830. The van der Waals surface area contributed by atoms with Crippen LogP contribution in [0.3, 0.4) is 0 Å². The zero-order chi connectivity index (χ0) is 26.4. The van der Waals surface area contributed by atoms with Crippen LogP contribution < -0.4 is 0 Å². The first-order chi connectivity index (χ1) is 16.7. The predicted octanol–water partition coefficient (Wildman–Crippen LogP) is 8.36. The first-order valence-electron chi connectivity index (χ1n) is 15.1. The fraction of sp³-hybridized carbons (Fsp3) is 0.909. The van der Waals surface area contributed by atoms with Crippen molar-refractivity contribution in [2.45, 2.75) is 131 Å². The molecule has 0 unspecified atom stereocenters. The summed E-state index contributed by atoms with van der Waals surface area (Å²) in [4.78, 5) is 11.9. The summed E-state index contributed by atoms with van der Waals surface area (Å²) in [6.45, 7) is 18.6. The van der Waals surface area contributed by atoms with Gasteiger partial charge >= 0.3 is 5.97 Å². The maximum Gasteiger partial charge on any atom is 0.302 e. The van der Waals surface area contributed by atoms with E-state index in [1.165, 1.54) is 51.4 Å². The molecule has 0 aromatic rings. The molecule has 0 amide bonds. The number of methoxy groups -OCH3 is 1. The lowest BCUT2D eigenvalue weighted by atomic mass is 9.41. The van der Waals surface area contributed by atoms with Crippen LogP contribution in [0.1, 0.15) is 120 Å². The number of allylic oxidation sites excluding steroid dienone is 1. The Kier molecular flexibility index (Phi) is 6.19. The Labute approximate surface area is 221 Å². The first-order valence-corrected chi connectivity index (χ1v) is 15.1. The zero-order valence-corrected chi connectivity index (χ0v) is 24.8. The van der Waals surface area contributed by atoms with Crippen LogP contribution in [0.2, 0.25) is 0 Å². The van der Waals surface area contributed by atoms with Crippen LogP contribution in [0.5, 0.6) is 0 Å². The monoisotopic (exact) mass is 498 g/mol. The summed E-state index contributed by atoms with van der Waals surface area (Å²) in [6, 6.07) is 0. The maximum absolute atomic E-state index is 11.9. The highest BCUT2D eigenvalue weighted by atomic mass is 16.5. The fourth-order valence-electron chi connectivity index (χ4n) is 11.5. The van der Waals surface area contributed by atoms with Gasteiger partial charge in [0.05, 0.1) is 5.60 Å². The van der Waals surface area contributed by atoms with Gasteiger partial charge in [-0.3, -0.25) is 4.79 Å². The number of rotatable bonds is 6. The number of hydrogen-bond donors (Lipinski definition) is 0. The minimum Gasteiger partial charge on any atom is -0.462 e. The van der Waals surface area contributed by atoms with Crippen molar-refractivity contribution >= 4 is 5.97 Å². The molecule has 0 aromatic heterocycles. The molecule has 5 aliphatic carbocycles. The summed E-state index contributed by atoms with van der Waals surface area (Å²) in [5.74, 6) is 3.02. The van der Waals surface area contributed by atoms with Crippen molar-refractivity contribution in [3.63, 3.8) is 0 Å². The van der Waals surface area contributed by atoms with Gasteiger partial charge in [-0.05, 0) is 123 Å². The second-order valence-electron chi connectivity index (χ2n) is 15.5. The Morgan fingerprint density at radius 3 is 2.28 bits per heavy atom. The Bertz CT molecular complexity index is 918. The molecule has 0 aromatic carbocycles. The second kappa shape index (κ2) is 8.33. The highest BCUT2D eigenvalue weighted by Crippen LogP contribution is 2.89. The van der Waals surface area contributed by atoms with Crippen molar-refractivity contribution in [1.82, 2.24) is 0 Å². The molecular weight excluding hydrogens is 444 g/mol. The van der Waals surface area contributed by atoms with Crippen LogP contribution >= 0.6 is 0 Å². The topological polar surface area (TPSA) is 35.5 Å². The molecule has 0 radical (unpaired) electrons. The van der Waals surface area contributed by atoms with Crippen molar-refractivity contribution in [2.75, 3.05) is 7.11 Å². The minimum atomic E-state index is -0.174. The molecule has 5 saturated carbocycles. The van der Waals surface area contributed by atoms with Crippen LogP contribution in [0, 0.1) is 50.7 Å². The molecule has 0 heterocycles. The van der Waals surface area contributed by atoms with Gasteiger partial charge in [0.15, 0.2) is 0 Å². The third kappa shape index (κ3) is 3.49. The second-order valence-corrected chi connectivity index (χ2v) is 15.5.